The molecule has 0 saturated heterocycles. The molecule has 0 aliphatic carbocycles. The van der Waals surface area contributed by atoms with E-state index in [0.717, 1.165) is 0 Å². The monoisotopic (exact) mass is 92.0 g/mol. The van der Waals surface area contributed by atoms with E-state index in [1.807, 2.05) is 0 Å². The second-order valence-corrected chi connectivity index (χ2v) is 0.316. The molecule has 1 N–H and O–H groups in total. The van der Waals surface area contributed by atoms with Crippen molar-refractivity contribution in [2.75, 3.05) is 0 Å². The van der Waals surface area contributed by atoms with Crippen LogP contribution in [0.2, 0.25) is 0 Å². The molecule has 0 fully saturated rings. The third-order valence-corrected chi connectivity index (χ3v) is 0. The smallest absolute Gasteiger partial charge is 0.316 e. The molecule has 0 aromatic carbocycles. The van der Waals surface area contributed by atoms with Crippen molar-refractivity contribution in [3.63, 3.8) is 0 Å². The summed E-state index contributed by atoms with van der Waals surface area (Å²) in [5.74, 6) is 0. The maximum atomic E-state index is 8.57. The van der Waals surface area contributed by atoms with Crippen LogP contribution in [-0.4, -0.2) is 27.9 Å². The molecule has 0 saturated carbocycles. The van der Waals surface area contributed by atoms with Gasteiger partial charge in [0.25, 0.3) is 0 Å². The van der Waals surface area contributed by atoms with Crippen LogP contribution in [0.4, 0.5) is 0 Å². The van der Waals surface area contributed by atoms with Gasteiger partial charge in [-0.25, -0.2) is 0 Å². The van der Waals surface area contributed by atoms with Crippen LogP contribution in [0.3, 0.4) is 0 Å². The average Bonchev–Trinajstić information content (AvgIpc) is 0.918. The lowest BCUT2D eigenvalue weighted by molar-refractivity contribution is 0.524. The van der Waals surface area contributed by atoms with E-state index in [0.29, 0.717) is 0 Å². The van der Waals surface area contributed by atoms with E-state index in [1.54, 1.807) is 0 Å². The maximum absolute atomic E-state index is 8.57. The molecule has 0 heterocycles. The summed E-state index contributed by atoms with van der Waals surface area (Å²) in [6, 6.07) is 0. The Kier molecular flexibility index (Phi) is 20.0. The van der Waals surface area contributed by atoms with Crippen LogP contribution in [-0.2, 0) is 4.57 Å². The van der Waals surface area contributed by atoms with Gasteiger partial charge in [0.2, 0.25) is 0 Å². The topological polar surface area (TPSA) is 37.3 Å². The minimum Gasteiger partial charge on any atom is -0.348 e. The lowest BCUT2D eigenvalue weighted by atomic mass is 15.9. The van der Waals surface area contributed by atoms with Gasteiger partial charge in [-0.2, -0.15) is 0 Å². The van der Waals surface area contributed by atoms with Crippen molar-refractivity contribution in [3.8, 4) is 0 Å². The average molecular weight is 92.3 g/mol. The number of hydrogen-bond acceptors (Lipinski definition) is 1. The van der Waals surface area contributed by atoms with Crippen molar-refractivity contribution >= 4 is 31.7 Å². The predicted octanol–water partition coefficient (Wildman–Crippen LogP) is -1.27. The van der Waals surface area contributed by atoms with Crippen molar-refractivity contribution in [2.45, 2.75) is 0 Å². The molecule has 0 aliphatic heterocycles. The van der Waals surface area contributed by atoms with E-state index in [-0.39, 0.29) is 23.1 Å². The summed E-state index contributed by atoms with van der Waals surface area (Å²) in [6.45, 7) is 0. The van der Waals surface area contributed by atoms with Crippen LogP contribution < -0.4 is 0 Å². The molecule has 0 radical (unpaired) electrons. The molecule has 1 atom stereocenters. The minimum absolute atomic E-state index is 0. The first-order valence-corrected chi connectivity index (χ1v) is 1.48. The zero-order valence-electron chi connectivity index (χ0n) is 1.43. The first-order valence-electron chi connectivity index (χ1n) is 0.494. The van der Waals surface area contributed by atoms with Crippen LogP contribution in [0, 0.1) is 0 Å². The highest BCUT2D eigenvalue weighted by molar-refractivity contribution is 7.16. The van der Waals surface area contributed by atoms with Crippen LogP contribution in [0.25, 0.3) is 0 Å². The fraction of sp³-hybridized carbons (Fsp3) is 0. The fourth-order valence-corrected chi connectivity index (χ4v) is 0. The Morgan fingerprint density at radius 1 is 1.75 bits per heavy atom. The summed E-state index contributed by atoms with van der Waals surface area (Å²) < 4.78 is 8.57. The van der Waals surface area contributed by atoms with Gasteiger partial charge in [-0.1, -0.05) is 0 Å². The standard InChI is InChI=1S/Mg.H3O2P.2H/c;1-3-2;;/h;3H2,(H,1,2);;. The van der Waals surface area contributed by atoms with Gasteiger partial charge >= 0.3 is 23.1 Å². The van der Waals surface area contributed by atoms with Gasteiger partial charge in [-0.15, -0.1) is 0 Å². The second-order valence-electron chi connectivity index (χ2n) is 0.105. The van der Waals surface area contributed by atoms with Crippen molar-refractivity contribution in [1.82, 2.24) is 0 Å². The summed E-state index contributed by atoms with van der Waals surface area (Å²) >= 11 is 0. The SMILES string of the molecule is O=[PH2]O.[MgH2]. The lowest BCUT2D eigenvalue weighted by Gasteiger charge is -1.33. The zero-order valence-corrected chi connectivity index (χ0v) is 2.59. The Hall–Kier alpha value is 0.956. The van der Waals surface area contributed by atoms with Gasteiger partial charge in [-0.3, -0.25) is 4.57 Å². The molecule has 4 heavy (non-hydrogen) atoms. The molecular weight excluding hydrogens is 87.3 g/mol. The van der Waals surface area contributed by atoms with Gasteiger partial charge in [0, 0.05) is 0 Å². The molecular formula is H5MgO2P. The van der Waals surface area contributed by atoms with E-state index < -0.39 is 8.69 Å². The first-order chi connectivity index (χ1) is 1.41. The molecule has 0 spiro atoms. The van der Waals surface area contributed by atoms with Crippen molar-refractivity contribution in [1.29, 1.82) is 0 Å². The van der Waals surface area contributed by atoms with Crippen LogP contribution in [0.15, 0.2) is 0 Å². The molecule has 0 bridgehead atoms. The zero-order chi connectivity index (χ0) is 2.71. The predicted molar refractivity (Wildman–Crippen MR) is 21.2 cm³/mol. The van der Waals surface area contributed by atoms with Crippen LogP contribution >= 0.6 is 8.69 Å². The van der Waals surface area contributed by atoms with Gasteiger partial charge in [0.15, 0.2) is 8.69 Å². The summed E-state index contributed by atoms with van der Waals surface area (Å²) in [6.07, 6.45) is 0. The highest BCUT2D eigenvalue weighted by atomic mass is 31.1. The van der Waals surface area contributed by atoms with Gasteiger partial charge in [-0.05, 0) is 0 Å². The highest BCUT2D eigenvalue weighted by Crippen LogP contribution is 1.66. The summed E-state index contributed by atoms with van der Waals surface area (Å²) in [5.41, 5.74) is 0. The van der Waals surface area contributed by atoms with E-state index in [1.165, 1.54) is 0 Å². The van der Waals surface area contributed by atoms with Crippen molar-refractivity contribution < 1.29 is 9.46 Å². The molecule has 0 aliphatic rings. The fourth-order valence-electron chi connectivity index (χ4n) is 0. The van der Waals surface area contributed by atoms with Gasteiger partial charge < -0.3 is 4.89 Å². The van der Waals surface area contributed by atoms with Gasteiger partial charge in [0.1, 0.15) is 0 Å². The normalized spacial score (nSPS) is 7.25. The lowest BCUT2D eigenvalue weighted by Crippen LogP contribution is -1.03. The summed E-state index contributed by atoms with van der Waals surface area (Å²) in [4.78, 5) is 7.10. The van der Waals surface area contributed by atoms with E-state index in [4.69, 9.17) is 9.46 Å². The highest BCUT2D eigenvalue weighted by Gasteiger charge is 1.17. The molecule has 2 nitrogen and oxygen atoms in total. The van der Waals surface area contributed by atoms with E-state index in [9.17, 15) is 0 Å². The molecule has 0 amide bonds. The molecule has 4 heteroatoms. The largest absolute Gasteiger partial charge is 0.348 e. The van der Waals surface area contributed by atoms with Crippen molar-refractivity contribution in [3.05, 3.63) is 0 Å². The molecule has 0 aromatic heterocycles. The second kappa shape index (κ2) is 9.03. The molecule has 0 rings (SSSR count). The Morgan fingerprint density at radius 2 is 1.75 bits per heavy atom. The van der Waals surface area contributed by atoms with E-state index >= 15 is 0 Å². The maximum Gasteiger partial charge on any atom is 0.316 e. The van der Waals surface area contributed by atoms with E-state index in [2.05, 4.69) is 0 Å². The van der Waals surface area contributed by atoms with Crippen molar-refractivity contribution in [2.24, 2.45) is 0 Å². The third kappa shape index (κ3) is 12.4. The molecule has 24 valence electrons. The Morgan fingerprint density at radius 3 is 1.75 bits per heavy atom. The molecule has 0 aromatic rings. The van der Waals surface area contributed by atoms with Crippen LogP contribution in [0.5, 0.6) is 0 Å². The number of hydrogen-bond donors (Lipinski definition) is 1. The Labute approximate surface area is 41.6 Å². The Bertz CT molecular complexity index is 13.5. The molecule has 1 unspecified atom stereocenters. The summed E-state index contributed by atoms with van der Waals surface area (Å²) in [5, 5.41) is 0. The quantitative estimate of drug-likeness (QED) is 0.299. The Balaban J connectivity index is 0. The van der Waals surface area contributed by atoms with Gasteiger partial charge in [0.05, 0.1) is 0 Å². The summed E-state index contributed by atoms with van der Waals surface area (Å²) in [7, 11) is -1.50. The first kappa shape index (κ1) is 8.88. The minimum atomic E-state index is -1.50. The number of rotatable bonds is 0. The van der Waals surface area contributed by atoms with Crippen LogP contribution in [0.1, 0.15) is 0 Å². The third-order valence-electron chi connectivity index (χ3n) is 0.